The van der Waals surface area contributed by atoms with Gasteiger partial charge in [-0.15, -0.1) is 0 Å². The van der Waals surface area contributed by atoms with Gasteiger partial charge in [-0.25, -0.2) is 9.18 Å². The minimum Gasteiger partial charge on any atom is -0.465 e. The molecule has 96 valence electrons. The summed E-state index contributed by atoms with van der Waals surface area (Å²) < 4.78 is 17.9. The molecule has 1 N–H and O–H groups in total. The molecule has 0 spiro atoms. The van der Waals surface area contributed by atoms with Gasteiger partial charge in [0, 0.05) is 6.20 Å². The van der Waals surface area contributed by atoms with Crippen LogP contribution in [0.2, 0.25) is 5.02 Å². The van der Waals surface area contributed by atoms with E-state index in [9.17, 15) is 9.18 Å². The number of hydrogen-bond acceptors (Lipinski definition) is 5. The number of benzene rings is 1. The van der Waals surface area contributed by atoms with E-state index in [1.54, 1.807) is 12.1 Å². The van der Waals surface area contributed by atoms with Crippen LogP contribution in [0, 0.1) is 28.5 Å². The summed E-state index contributed by atoms with van der Waals surface area (Å²) in [5.74, 6) is -1.75. The summed E-state index contributed by atoms with van der Waals surface area (Å²) in [6, 6.07) is 5.55. The van der Waals surface area contributed by atoms with Gasteiger partial charge in [-0.1, -0.05) is 11.6 Å². The number of anilines is 1. The van der Waals surface area contributed by atoms with Gasteiger partial charge < -0.3 is 10.1 Å². The third kappa shape index (κ3) is 3.21. The normalized spacial score (nSPS) is 8.89. The molecule has 0 aliphatic heterocycles. The molecular weight excluding hydrogens is 273 g/mol. The number of allylic oxidation sites excluding steroid dienone is 1. The minimum absolute atomic E-state index is 0.173. The lowest BCUT2D eigenvalue weighted by Crippen LogP contribution is -2.07. The van der Waals surface area contributed by atoms with E-state index in [1.165, 1.54) is 6.07 Å². The Morgan fingerprint density at radius 3 is 2.63 bits per heavy atom. The summed E-state index contributed by atoms with van der Waals surface area (Å²) in [5, 5.41) is 19.5. The summed E-state index contributed by atoms with van der Waals surface area (Å²) in [6.45, 7) is 0. The van der Waals surface area contributed by atoms with E-state index in [4.69, 9.17) is 22.1 Å². The highest BCUT2D eigenvalue weighted by Gasteiger charge is 2.19. The first kappa shape index (κ1) is 14.5. The van der Waals surface area contributed by atoms with Crippen molar-refractivity contribution in [1.29, 1.82) is 10.5 Å². The van der Waals surface area contributed by atoms with E-state index < -0.39 is 17.3 Å². The molecule has 0 bridgehead atoms. The standard InChI is InChI=1S/C12H7ClFN3O2/c1-19-12(18)10-8(14)2-3-9(11(10)13)17-6-7(4-15)5-16/h2-3,6,17H,1H3. The topological polar surface area (TPSA) is 85.9 Å². The van der Waals surface area contributed by atoms with E-state index in [0.717, 1.165) is 19.4 Å². The maximum Gasteiger partial charge on any atom is 0.342 e. The molecule has 0 amide bonds. The van der Waals surface area contributed by atoms with Crippen LogP contribution in [-0.4, -0.2) is 13.1 Å². The Morgan fingerprint density at radius 2 is 2.11 bits per heavy atom. The van der Waals surface area contributed by atoms with Crippen molar-refractivity contribution in [3.8, 4) is 12.1 Å². The predicted molar refractivity (Wildman–Crippen MR) is 65.7 cm³/mol. The molecule has 0 aromatic heterocycles. The Hall–Kier alpha value is -2.57. The van der Waals surface area contributed by atoms with Crippen molar-refractivity contribution in [2.45, 2.75) is 0 Å². The van der Waals surface area contributed by atoms with Gasteiger partial charge >= 0.3 is 5.97 Å². The quantitative estimate of drug-likeness (QED) is 0.679. The van der Waals surface area contributed by atoms with Crippen molar-refractivity contribution < 1.29 is 13.9 Å². The van der Waals surface area contributed by atoms with Crippen LogP contribution in [-0.2, 0) is 4.74 Å². The third-order valence-corrected chi connectivity index (χ3v) is 2.49. The third-order valence-electron chi connectivity index (χ3n) is 2.09. The second-order valence-electron chi connectivity index (χ2n) is 3.20. The minimum atomic E-state index is -0.920. The first-order valence-corrected chi connectivity index (χ1v) is 5.26. The van der Waals surface area contributed by atoms with Crippen molar-refractivity contribution >= 4 is 23.3 Å². The summed E-state index contributed by atoms with van der Waals surface area (Å²) in [6.07, 6.45) is 1.10. The highest BCUT2D eigenvalue weighted by molar-refractivity contribution is 6.36. The van der Waals surface area contributed by atoms with Crippen LogP contribution in [0.4, 0.5) is 10.1 Å². The summed E-state index contributed by atoms with van der Waals surface area (Å²) >= 11 is 5.86. The molecule has 0 unspecified atom stereocenters. The van der Waals surface area contributed by atoms with Crippen molar-refractivity contribution in [3.63, 3.8) is 0 Å². The van der Waals surface area contributed by atoms with Gasteiger partial charge in [-0.3, -0.25) is 0 Å². The summed E-state index contributed by atoms with van der Waals surface area (Å²) in [7, 11) is 1.10. The number of esters is 1. The Labute approximate surface area is 113 Å². The van der Waals surface area contributed by atoms with Gasteiger partial charge in [-0.2, -0.15) is 10.5 Å². The van der Waals surface area contributed by atoms with E-state index in [1.807, 2.05) is 0 Å². The van der Waals surface area contributed by atoms with E-state index in [0.29, 0.717) is 0 Å². The van der Waals surface area contributed by atoms with Gasteiger partial charge in [0.15, 0.2) is 0 Å². The zero-order chi connectivity index (χ0) is 14.4. The lowest BCUT2D eigenvalue weighted by atomic mass is 10.2. The maximum atomic E-state index is 13.5. The monoisotopic (exact) mass is 279 g/mol. The number of nitrogens with one attached hydrogen (secondary N) is 1. The number of nitrogens with zero attached hydrogens (tertiary/aromatic N) is 2. The molecule has 0 fully saturated rings. The molecule has 7 heteroatoms. The second-order valence-corrected chi connectivity index (χ2v) is 3.58. The number of carbonyl (C=O) groups is 1. The molecule has 0 saturated heterocycles. The smallest absolute Gasteiger partial charge is 0.342 e. The maximum absolute atomic E-state index is 13.5. The average molecular weight is 280 g/mol. The summed E-state index contributed by atoms with van der Waals surface area (Å²) in [4.78, 5) is 11.4. The number of ether oxygens (including phenoxy) is 1. The Bertz CT molecular complexity index is 613. The molecule has 0 aliphatic rings. The summed E-state index contributed by atoms with van der Waals surface area (Å²) in [5.41, 5.74) is -0.440. The lowest BCUT2D eigenvalue weighted by molar-refractivity contribution is 0.0596. The molecule has 19 heavy (non-hydrogen) atoms. The molecule has 1 aromatic carbocycles. The van der Waals surface area contributed by atoms with Gasteiger partial charge in [0.25, 0.3) is 0 Å². The van der Waals surface area contributed by atoms with Crippen LogP contribution in [0.15, 0.2) is 23.9 Å². The Balaban J connectivity index is 3.20. The number of halogens is 2. The van der Waals surface area contributed by atoms with Gasteiger partial charge in [0.2, 0.25) is 0 Å². The molecular formula is C12H7ClFN3O2. The Kier molecular flexibility index (Phi) is 4.87. The predicted octanol–water partition coefficient (Wildman–Crippen LogP) is 2.61. The van der Waals surface area contributed by atoms with Crippen LogP contribution in [0.1, 0.15) is 10.4 Å². The van der Waals surface area contributed by atoms with Crippen molar-refractivity contribution in [2.75, 3.05) is 12.4 Å². The number of nitriles is 2. The van der Waals surface area contributed by atoms with E-state index >= 15 is 0 Å². The first-order chi connectivity index (χ1) is 9.04. The van der Waals surface area contributed by atoms with Gasteiger partial charge in [0.05, 0.1) is 17.8 Å². The molecule has 0 aliphatic carbocycles. The fourth-order valence-corrected chi connectivity index (χ4v) is 1.48. The molecule has 1 rings (SSSR count). The fourth-order valence-electron chi connectivity index (χ4n) is 1.19. The van der Waals surface area contributed by atoms with Crippen LogP contribution >= 0.6 is 11.6 Å². The fraction of sp³-hybridized carbons (Fsp3) is 0.0833. The van der Waals surface area contributed by atoms with Crippen LogP contribution < -0.4 is 5.32 Å². The Morgan fingerprint density at radius 1 is 1.47 bits per heavy atom. The highest BCUT2D eigenvalue weighted by Crippen LogP contribution is 2.29. The SMILES string of the molecule is COC(=O)c1c(F)ccc(NC=C(C#N)C#N)c1Cl. The molecule has 0 radical (unpaired) electrons. The van der Waals surface area contributed by atoms with Crippen molar-refractivity contribution in [3.05, 3.63) is 40.3 Å². The van der Waals surface area contributed by atoms with Crippen molar-refractivity contribution in [1.82, 2.24) is 0 Å². The highest BCUT2D eigenvalue weighted by atomic mass is 35.5. The van der Waals surface area contributed by atoms with Crippen LogP contribution in [0.25, 0.3) is 0 Å². The number of hydrogen-bond donors (Lipinski definition) is 1. The van der Waals surface area contributed by atoms with E-state index in [-0.39, 0.29) is 16.3 Å². The van der Waals surface area contributed by atoms with Gasteiger partial charge in [-0.05, 0) is 12.1 Å². The molecule has 0 heterocycles. The van der Waals surface area contributed by atoms with Crippen LogP contribution in [0.5, 0.6) is 0 Å². The molecule has 0 atom stereocenters. The lowest BCUT2D eigenvalue weighted by Gasteiger charge is -2.09. The van der Waals surface area contributed by atoms with Crippen molar-refractivity contribution in [2.24, 2.45) is 0 Å². The van der Waals surface area contributed by atoms with E-state index in [2.05, 4.69) is 10.1 Å². The number of methoxy groups -OCH3 is 1. The number of carbonyl (C=O) groups excluding carboxylic acids is 1. The second kappa shape index (κ2) is 6.39. The molecule has 0 saturated carbocycles. The number of rotatable bonds is 3. The largest absolute Gasteiger partial charge is 0.465 e. The zero-order valence-electron chi connectivity index (χ0n) is 9.70. The molecule has 5 nitrogen and oxygen atoms in total. The zero-order valence-corrected chi connectivity index (χ0v) is 10.5. The molecule has 1 aromatic rings. The first-order valence-electron chi connectivity index (χ1n) is 4.88. The van der Waals surface area contributed by atoms with Gasteiger partial charge in [0.1, 0.15) is 29.1 Å². The van der Waals surface area contributed by atoms with Crippen LogP contribution in [0.3, 0.4) is 0 Å². The average Bonchev–Trinajstić information content (AvgIpc) is 2.41.